The predicted octanol–water partition coefficient (Wildman–Crippen LogP) is 5.41. The largest absolute Gasteiger partial charge is 0.416 e. The van der Waals surface area contributed by atoms with Gasteiger partial charge in [-0.05, 0) is 47.0 Å². The highest BCUT2D eigenvalue weighted by molar-refractivity contribution is 6.01. The molecule has 0 atom stereocenters. The molecule has 0 heterocycles. The van der Waals surface area contributed by atoms with Crippen molar-refractivity contribution in [3.8, 4) is 0 Å². The summed E-state index contributed by atoms with van der Waals surface area (Å²) in [5.41, 5.74) is 5.63. The van der Waals surface area contributed by atoms with Crippen LogP contribution in [0.1, 0.15) is 16.7 Å². The first kappa shape index (κ1) is 22.5. The van der Waals surface area contributed by atoms with Crippen LogP contribution < -0.4 is 16.4 Å². The minimum atomic E-state index is -4.68. The van der Waals surface area contributed by atoms with E-state index in [1.54, 1.807) is 48.5 Å². The summed E-state index contributed by atoms with van der Waals surface area (Å²) < 4.78 is 52.4. The number of urea groups is 1. The van der Waals surface area contributed by atoms with Crippen molar-refractivity contribution in [2.75, 3.05) is 10.6 Å². The predicted molar refractivity (Wildman–Crippen MR) is 113 cm³/mol. The molecule has 4 N–H and O–H groups in total. The SMILES string of the molecule is NC(=O)/C=C(\c1ccccc1)c1cccc(NC(=O)Nc2cc(C(F)(F)F)ccc2F)c1. The molecular formula is C23H17F4N3O2. The summed E-state index contributed by atoms with van der Waals surface area (Å²) in [6.45, 7) is 0. The summed E-state index contributed by atoms with van der Waals surface area (Å²) >= 11 is 0. The van der Waals surface area contributed by atoms with E-state index in [-0.39, 0.29) is 5.69 Å². The highest BCUT2D eigenvalue weighted by atomic mass is 19.4. The topological polar surface area (TPSA) is 84.2 Å². The molecule has 164 valence electrons. The molecule has 3 rings (SSSR count). The molecule has 0 aliphatic heterocycles. The molecule has 3 amide bonds. The van der Waals surface area contributed by atoms with E-state index in [1.165, 1.54) is 12.1 Å². The van der Waals surface area contributed by atoms with Crippen molar-refractivity contribution in [2.45, 2.75) is 6.18 Å². The molecule has 3 aromatic rings. The smallest absolute Gasteiger partial charge is 0.366 e. The Hall–Kier alpha value is -4.14. The molecule has 32 heavy (non-hydrogen) atoms. The van der Waals surface area contributed by atoms with Gasteiger partial charge in [0.2, 0.25) is 5.91 Å². The number of halogens is 4. The molecule has 9 heteroatoms. The standard InChI is InChI=1S/C23H17F4N3O2/c24-19-10-9-16(23(25,26)27)12-20(19)30-22(32)29-17-8-4-7-15(11-17)18(13-21(28)31)14-5-2-1-3-6-14/h1-13H,(H2,28,31)(H2,29,30,32)/b18-13+. The molecule has 0 unspecified atom stereocenters. The summed E-state index contributed by atoms with van der Waals surface area (Å²) in [7, 11) is 0. The van der Waals surface area contributed by atoms with Crippen molar-refractivity contribution < 1.29 is 27.2 Å². The first-order chi connectivity index (χ1) is 15.1. The van der Waals surface area contributed by atoms with Gasteiger partial charge in [-0.15, -0.1) is 0 Å². The van der Waals surface area contributed by atoms with E-state index < -0.39 is 35.2 Å². The summed E-state index contributed by atoms with van der Waals surface area (Å²) in [4.78, 5) is 23.8. The van der Waals surface area contributed by atoms with Crippen molar-refractivity contribution in [2.24, 2.45) is 5.73 Å². The Balaban J connectivity index is 1.83. The molecule has 0 saturated carbocycles. The van der Waals surface area contributed by atoms with E-state index in [0.717, 1.165) is 0 Å². The fraction of sp³-hybridized carbons (Fsp3) is 0.0435. The van der Waals surface area contributed by atoms with E-state index >= 15 is 0 Å². The fourth-order valence-electron chi connectivity index (χ4n) is 2.94. The lowest BCUT2D eigenvalue weighted by molar-refractivity contribution is -0.137. The van der Waals surface area contributed by atoms with Crippen molar-refractivity contribution >= 4 is 28.9 Å². The number of primary amides is 1. The van der Waals surface area contributed by atoms with Crippen molar-refractivity contribution in [3.05, 3.63) is 101 Å². The Labute approximate surface area is 180 Å². The lowest BCUT2D eigenvalue weighted by Crippen LogP contribution is -2.20. The Morgan fingerprint density at radius 1 is 0.844 bits per heavy atom. The number of rotatable bonds is 5. The Morgan fingerprint density at radius 3 is 2.19 bits per heavy atom. The van der Waals surface area contributed by atoms with Crippen molar-refractivity contribution in [3.63, 3.8) is 0 Å². The number of carbonyl (C=O) groups excluding carboxylic acids is 2. The maximum absolute atomic E-state index is 13.9. The highest BCUT2D eigenvalue weighted by Crippen LogP contribution is 2.32. The summed E-state index contributed by atoms with van der Waals surface area (Å²) in [6.07, 6.45) is -3.44. The van der Waals surface area contributed by atoms with Gasteiger partial charge < -0.3 is 16.4 Å². The summed E-state index contributed by atoms with van der Waals surface area (Å²) in [5, 5.41) is 4.50. The zero-order valence-electron chi connectivity index (χ0n) is 16.4. The van der Waals surface area contributed by atoms with Crippen LogP contribution in [0.3, 0.4) is 0 Å². The minimum Gasteiger partial charge on any atom is -0.366 e. The lowest BCUT2D eigenvalue weighted by atomic mass is 9.97. The molecule has 0 spiro atoms. The maximum Gasteiger partial charge on any atom is 0.416 e. The molecule has 0 fully saturated rings. The molecule has 0 aromatic heterocycles. The van der Waals surface area contributed by atoms with E-state index in [2.05, 4.69) is 10.6 Å². The number of benzene rings is 3. The van der Waals surface area contributed by atoms with Gasteiger partial charge in [0.1, 0.15) is 5.82 Å². The Morgan fingerprint density at radius 2 is 1.53 bits per heavy atom. The summed E-state index contributed by atoms with van der Waals surface area (Å²) in [6, 6.07) is 16.1. The summed E-state index contributed by atoms with van der Waals surface area (Å²) in [5.74, 6) is -1.68. The zero-order valence-corrected chi connectivity index (χ0v) is 16.4. The van der Waals surface area contributed by atoms with Crippen LogP contribution in [-0.2, 0) is 11.0 Å². The van der Waals surface area contributed by atoms with Crippen molar-refractivity contribution in [1.29, 1.82) is 0 Å². The fourth-order valence-corrected chi connectivity index (χ4v) is 2.94. The molecule has 5 nitrogen and oxygen atoms in total. The lowest BCUT2D eigenvalue weighted by Gasteiger charge is -2.13. The van der Waals surface area contributed by atoms with Crippen LogP contribution in [0.25, 0.3) is 5.57 Å². The van der Waals surface area contributed by atoms with Gasteiger partial charge in [-0.2, -0.15) is 13.2 Å². The van der Waals surface area contributed by atoms with E-state index in [9.17, 15) is 27.2 Å². The highest BCUT2D eigenvalue weighted by Gasteiger charge is 2.31. The average Bonchev–Trinajstić information content (AvgIpc) is 2.73. The van der Waals surface area contributed by atoms with Crippen molar-refractivity contribution in [1.82, 2.24) is 0 Å². The van der Waals surface area contributed by atoms with Crippen LogP contribution in [0.2, 0.25) is 0 Å². The minimum absolute atomic E-state index is 0.263. The first-order valence-electron chi connectivity index (χ1n) is 9.25. The maximum atomic E-state index is 13.9. The molecule has 0 saturated heterocycles. The van der Waals surface area contributed by atoms with Gasteiger partial charge in [0, 0.05) is 11.8 Å². The number of nitrogens with two attached hydrogens (primary N) is 1. The van der Waals surface area contributed by atoms with E-state index in [4.69, 9.17) is 5.73 Å². The third kappa shape index (κ3) is 5.72. The molecule has 3 aromatic carbocycles. The normalized spacial score (nSPS) is 11.7. The third-order valence-corrected chi connectivity index (χ3v) is 4.34. The number of hydrogen-bond donors (Lipinski definition) is 3. The second kappa shape index (κ2) is 9.34. The van der Waals surface area contributed by atoms with Crippen LogP contribution in [-0.4, -0.2) is 11.9 Å². The first-order valence-corrected chi connectivity index (χ1v) is 9.25. The van der Waals surface area contributed by atoms with E-state index in [0.29, 0.717) is 34.9 Å². The molecule has 0 aliphatic carbocycles. The van der Waals surface area contributed by atoms with Crippen LogP contribution in [0.15, 0.2) is 78.9 Å². The number of alkyl halides is 3. The second-order valence-corrected chi connectivity index (χ2v) is 6.68. The average molecular weight is 443 g/mol. The second-order valence-electron chi connectivity index (χ2n) is 6.68. The quantitative estimate of drug-likeness (QED) is 0.364. The molecule has 0 radical (unpaired) electrons. The number of nitrogens with one attached hydrogen (secondary N) is 2. The Bertz CT molecular complexity index is 1180. The zero-order chi connectivity index (χ0) is 23.3. The van der Waals surface area contributed by atoms with Gasteiger partial charge in [0.15, 0.2) is 0 Å². The van der Waals surface area contributed by atoms with Gasteiger partial charge in [0.05, 0.1) is 11.3 Å². The molecular weight excluding hydrogens is 426 g/mol. The molecule has 0 aliphatic rings. The van der Waals surface area contributed by atoms with Crippen LogP contribution >= 0.6 is 0 Å². The van der Waals surface area contributed by atoms with Crippen LogP contribution in [0.4, 0.5) is 33.7 Å². The van der Waals surface area contributed by atoms with Gasteiger partial charge in [0.25, 0.3) is 0 Å². The monoisotopic (exact) mass is 443 g/mol. The molecule has 0 bridgehead atoms. The van der Waals surface area contributed by atoms with E-state index in [1.807, 2.05) is 0 Å². The van der Waals surface area contributed by atoms with Crippen LogP contribution in [0.5, 0.6) is 0 Å². The number of amides is 3. The van der Waals surface area contributed by atoms with Gasteiger partial charge >= 0.3 is 12.2 Å². The van der Waals surface area contributed by atoms with Gasteiger partial charge in [-0.3, -0.25) is 4.79 Å². The number of carbonyl (C=O) groups is 2. The van der Waals surface area contributed by atoms with Gasteiger partial charge in [-0.25, -0.2) is 9.18 Å². The van der Waals surface area contributed by atoms with Gasteiger partial charge in [-0.1, -0.05) is 42.5 Å². The number of anilines is 2. The van der Waals surface area contributed by atoms with Crippen LogP contribution in [0, 0.1) is 5.82 Å². The third-order valence-electron chi connectivity index (χ3n) is 4.34. The number of hydrogen-bond acceptors (Lipinski definition) is 2. The Kier molecular flexibility index (Phi) is 6.58.